The summed E-state index contributed by atoms with van der Waals surface area (Å²) in [5, 5.41) is 0.224. The number of ketones is 2. The number of hydrogen-bond acceptors (Lipinski definition) is 3. The molecule has 1 spiro atoms. The topological polar surface area (TPSA) is 43.4 Å². The van der Waals surface area contributed by atoms with E-state index in [-0.39, 0.29) is 38.7 Å². The van der Waals surface area contributed by atoms with Crippen molar-refractivity contribution in [2.75, 3.05) is 0 Å². The van der Waals surface area contributed by atoms with Crippen LogP contribution in [0.5, 0.6) is 0 Å². The fraction of sp³-hybridized carbons (Fsp3) is 0.923. The lowest BCUT2D eigenvalue weighted by Gasteiger charge is -2.62. The van der Waals surface area contributed by atoms with Crippen LogP contribution in [-0.4, -0.2) is 25.5 Å². The van der Waals surface area contributed by atoms with Gasteiger partial charge in [-0.05, 0) is 79.8 Å². The fourth-order valence-electron chi connectivity index (χ4n) is 9.67. The van der Waals surface area contributed by atoms with Gasteiger partial charge in [0.05, 0.1) is 11.0 Å². The first-order valence-electron chi connectivity index (χ1n) is 12.4. The quantitative estimate of drug-likeness (QED) is 0.414. The molecule has 0 aliphatic heterocycles. The molecular formula is C26H40O3Si. The number of carbonyl (C=O) groups is 2. The zero-order valence-corrected chi connectivity index (χ0v) is 21.3. The van der Waals surface area contributed by atoms with E-state index in [9.17, 15) is 9.59 Å². The van der Waals surface area contributed by atoms with Crippen molar-refractivity contribution in [3.63, 3.8) is 0 Å². The molecule has 0 amide bonds. The monoisotopic (exact) mass is 428 g/mol. The van der Waals surface area contributed by atoms with E-state index in [0.717, 1.165) is 32.1 Å². The summed E-state index contributed by atoms with van der Waals surface area (Å²) in [5.74, 6) is 1.99. The molecule has 1 unspecified atom stereocenters. The Bertz CT molecular complexity index is 902. The van der Waals surface area contributed by atoms with Crippen LogP contribution in [0.2, 0.25) is 18.1 Å². The van der Waals surface area contributed by atoms with Crippen LogP contribution in [-0.2, 0) is 14.0 Å². The molecule has 0 aromatic heterocycles. The third-order valence-electron chi connectivity index (χ3n) is 12.5. The Morgan fingerprint density at radius 3 is 2.23 bits per heavy atom. The van der Waals surface area contributed by atoms with Crippen LogP contribution in [0.4, 0.5) is 0 Å². The summed E-state index contributed by atoms with van der Waals surface area (Å²) >= 11 is 0. The predicted molar refractivity (Wildman–Crippen MR) is 119 cm³/mol. The average Bonchev–Trinajstić information content (AvgIpc) is 3.42. The number of carbonyl (C=O) groups excluding carboxylic acids is 2. The van der Waals surface area contributed by atoms with Gasteiger partial charge in [-0.2, -0.15) is 0 Å². The maximum Gasteiger partial charge on any atom is 0.192 e. The lowest BCUT2D eigenvalue weighted by molar-refractivity contribution is -0.178. The van der Waals surface area contributed by atoms with E-state index < -0.39 is 13.7 Å². The molecular weight excluding hydrogens is 388 g/mol. The Morgan fingerprint density at radius 1 is 1.00 bits per heavy atom. The third kappa shape index (κ3) is 1.77. The fourth-order valence-corrected chi connectivity index (χ4v) is 11.4. The van der Waals surface area contributed by atoms with Gasteiger partial charge in [0, 0.05) is 16.7 Å². The maximum atomic E-state index is 13.6. The van der Waals surface area contributed by atoms with Crippen molar-refractivity contribution in [3.05, 3.63) is 0 Å². The minimum absolute atomic E-state index is 0.0452. The maximum absolute atomic E-state index is 13.6. The minimum atomic E-state index is -1.84. The highest BCUT2D eigenvalue weighted by molar-refractivity contribution is 6.74. The standard InChI is InChI=1S/C26H40O3Si/c1-21(2,3)30(7,8)29-25-12-11-22(4)16(23(25,5)14-25)9-10-26-17(22)13-15-18(19(26)27)24(15,6)20(26)28/h15-18H,9-14H2,1-8H3/t15-,16+,17+,18?,22-,23-,24+,25+,26+/m0/s1. The highest BCUT2D eigenvalue weighted by Gasteiger charge is 2.89. The molecule has 3 nitrogen and oxygen atoms in total. The highest BCUT2D eigenvalue weighted by atomic mass is 28.4. The van der Waals surface area contributed by atoms with Crippen LogP contribution in [0.25, 0.3) is 0 Å². The van der Waals surface area contributed by atoms with Gasteiger partial charge < -0.3 is 4.43 Å². The average molecular weight is 429 g/mol. The molecule has 7 rings (SSSR count). The van der Waals surface area contributed by atoms with Crippen molar-refractivity contribution in [2.24, 2.45) is 45.3 Å². The van der Waals surface area contributed by atoms with Crippen molar-refractivity contribution < 1.29 is 14.0 Å². The van der Waals surface area contributed by atoms with Crippen molar-refractivity contribution in [3.8, 4) is 0 Å². The second kappa shape index (κ2) is 4.88. The molecule has 0 aromatic rings. The molecule has 0 heterocycles. The van der Waals surface area contributed by atoms with Crippen molar-refractivity contribution in [1.29, 1.82) is 0 Å². The van der Waals surface area contributed by atoms with Crippen molar-refractivity contribution >= 4 is 19.9 Å². The molecule has 0 radical (unpaired) electrons. The van der Waals surface area contributed by atoms with Gasteiger partial charge in [-0.1, -0.05) is 41.5 Å². The van der Waals surface area contributed by atoms with E-state index in [0.29, 0.717) is 23.4 Å². The first-order valence-corrected chi connectivity index (χ1v) is 15.3. The number of hydrogen-bond donors (Lipinski definition) is 0. The summed E-state index contributed by atoms with van der Waals surface area (Å²) in [4.78, 5) is 27.1. The van der Waals surface area contributed by atoms with Crippen molar-refractivity contribution in [1.82, 2.24) is 0 Å². The zero-order valence-electron chi connectivity index (χ0n) is 20.3. The van der Waals surface area contributed by atoms with Crippen LogP contribution in [0, 0.1) is 45.3 Å². The van der Waals surface area contributed by atoms with Gasteiger partial charge >= 0.3 is 0 Å². The molecule has 0 N–H and O–H groups in total. The lowest BCUT2D eigenvalue weighted by atomic mass is 9.41. The molecule has 4 bridgehead atoms. The normalized spacial score (nSPS) is 58.1. The van der Waals surface area contributed by atoms with Crippen LogP contribution in [0.3, 0.4) is 0 Å². The van der Waals surface area contributed by atoms with Crippen molar-refractivity contribution in [2.45, 2.75) is 104 Å². The molecule has 0 saturated heterocycles. The summed E-state index contributed by atoms with van der Waals surface area (Å²) in [6, 6.07) is 0. The summed E-state index contributed by atoms with van der Waals surface area (Å²) in [5.41, 5.74) is -0.528. The van der Waals surface area contributed by atoms with E-state index in [1.807, 2.05) is 0 Å². The molecule has 7 aliphatic rings. The second-order valence-corrected chi connectivity index (χ2v) is 19.1. The van der Waals surface area contributed by atoms with Crippen LogP contribution < -0.4 is 0 Å². The first kappa shape index (κ1) is 20.1. The number of rotatable bonds is 2. The van der Waals surface area contributed by atoms with Gasteiger partial charge in [0.2, 0.25) is 0 Å². The molecule has 9 atom stereocenters. The second-order valence-electron chi connectivity index (χ2n) is 14.4. The predicted octanol–water partition coefficient (Wildman–Crippen LogP) is 5.78. The van der Waals surface area contributed by atoms with Gasteiger partial charge in [-0.25, -0.2) is 0 Å². The SMILES string of the molecule is CC(C)(C)[Si](C)(C)O[C@@]12CC[C@@]3(C)[C@@H](CC[C@]45C(=O)C6[C@H](C[C@@H]43)[C@@]6(C)C5=O)[C@]1(C)C2. The van der Waals surface area contributed by atoms with E-state index in [2.05, 4.69) is 54.6 Å². The van der Waals surface area contributed by atoms with Gasteiger partial charge in [0.15, 0.2) is 19.9 Å². The van der Waals surface area contributed by atoms with E-state index in [4.69, 9.17) is 4.43 Å². The Labute approximate surface area is 183 Å². The highest BCUT2D eigenvalue weighted by Crippen LogP contribution is 2.85. The minimum Gasteiger partial charge on any atom is -0.411 e. The Kier molecular flexibility index (Phi) is 3.28. The van der Waals surface area contributed by atoms with Gasteiger partial charge in [0.1, 0.15) is 0 Å². The molecule has 4 heteroatoms. The third-order valence-corrected chi connectivity index (χ3v) is 17.0. The van der Waals surface area contributed by atoms with E-state index in [1.54, 1.807) is 0 Å². The van der Waals surface area contributed by atoms with Crippen LogP contribution in [0.1, 0.15) is 80.1 Å². The summed E-state index contributed by atoms with van der Waals surface area (Å²) in [7, 11) is -1.84. The number of Topliss-reactive ketones (excluding diaryl/α,β-unsaturated/α-hetero) is 2. The van der Waals surface area contributed by atoms with Gasteiger partial charge in [-0.15, -0.1) is 0 Å². The Hall–Kier alpha value is -0.483. The van der Waals surface area contributed by atoms with Gasteiger partial charge in [-0.3, -0.25) is 9.59 Å². The molecule has 7 saturated carbocycles. The smallest absolute Gasteiger partial charge is 0.192 e. The summed E-state index contributed by atoms with van der Waals surface area (Å²) < 4.78 is 7.17. The Balaban J connectivity index is 1.35. The number of fused-ring (bicyclic) bond motifs is 3. The van der Waals surface area contributed by atoms with Gasteiger partial charge in [0.25, 0.3) is 0 Å². The Morgan fingerprint density at radius 2 is 1.67 bits per heavy atom. The molecule has 166 valence electrons. The largest absolute Gasteiger partial charge is 0.411 e. The molecule has 0 aromatic carbocycles. The first-order chi connectivity index (χ1) is 13.6. The summed E-state index contributed by atoms with van der Waals surface area (Å²) in [6.07, 6.45) is 6.40. The molecule has 7 aliphatic carbocycles. The lowest BCUT2D eigenvalue weighted by Crippen LogP contribution is -2.63. The van der Waals surface area contributed by atoms with Crippen LogP contribution in [0.15, 0.2) is 0 Å². The zero-order chi connectivity index (χ0) is 21.9. The molecule has 7 fully saturated rings. The van der Waals surface area contributed by atoms with E-state index >= 15 is 0 Å². The summed E-state index contributed by atoms with van der Waals surface area (Å²) in [6.45, 7) is 18.8. The van der Waals surface area contributed by atoms with Crippen LogP contribution >= 0.6 is 0 Å². The molecule has 30 heavy (non-hydrogen) atoms. The van der Waals surface area contributed by atoms with E-state index in [1.165, 1.54) is 6.42 Å².